The fourth-order valence-electron chi connectivity index (χ4n) is 1.66. The van der Waals surface area contributed by atoms with E-state index in [1.165, 1.54) is 7.11 Å². The maximum atomic E-state index is 10.6. The Kier molecular flexibility index (Phi) is 3.48. The molecule has 1 N–H and O–H groups in total. The molecule has 0 heterocycles. The Labute approximate surface area is 104 Å². The lowest BCUT2D eigenvalue weighted by Crippen LogP contribution is -2.04. The first-order chi connectivity index (χ1) is 8.70. The van der Waals surface area contributed by atoms with E-state index >= 15 is 0 Å². The van der Waals surface area contributed by atoms with E-state index in [4.69, 9.17) is 14.6 Å². The van der Waals surface area contributed by atoms with E-state index in [0.717, 1.165) is 11.1 Å². The van der Waals surface area contributed by atoms with Gasteiger partial charge in [-0.05, 0) is 23.3 Å². The molecule has 0 aromatic heterocycles. The lowest BCUT2D eigenvalue weighted by Gasteiger charge is -2.09. The normalized spacial score (nSPS) is 9.83. The second kappa shape index (κ2) is 5.23. The van der Waals surface area contributed by atoms with Crippen LogP contribution < -0.4 is 9.47 Å². The maximum Gasteiger partial charge on any atom is 0.511 e. The third-order valence-electron chi connectivity index (χ3n) is 2.47. The summed E-state index contributed by atoms with van der Waals surface area (Å²) in [6.07, 6.45) is -1.36. The summed E-state index contributed by atoms with van der Waals surface area (Å²) in [6.45, 7) is 0. The van der Waals surface area contributed by atoms with Crippen molar-refractivity contribution in [3.63, 3.8) is 0 Å². The van der Waals surface area contributed by atoms with Crippen LogP contribution >= 0.6 is 0 Å². The molecule has 0 fully saturated rings. The Bertz CT molecular complexity index is 549. The first kappa shape index (κ1) is 12.0. The zero-order valence-corrected chi connectivity index (χ0v) is 9.79. The van der Waals surface area contributed by atoms with E-state index in [9.17, 15) is 4.79 Å². The average Bonchev–Trinajstić information content (AvgIpc) is 2.39. The minimum Gasteiger partial charge on any atom is -0.493 e. The standard InChI is InChI=1S/C14H12O4/c1-17-12-8-7-11(9-13(12)18-14(15)16)10-5-3-2-4-6-10/h2-9H,1H3,(H,15,16). The van der Waals surface area contributed by atoms with Crippen LogP contribution in [-0.2, 0) is 0 Å². The van der Waals surface area contributed by atoms with Gasteiger partial charge in [-0.1, -0.05) is 36.4 Å². The summed E-state index contributed by atoms with van der Waals surface area (Å²) in [4.78, 5) is 10.6. The largest absolute Gasteiger partial charge is 0.511 e. The van der Waals surface area contributed by atoms with Crippen molar-refractivity contribution in [1.82, 2.24) is 0 Å². The van der Waals surface area contributed by atoms with Gasteiger partial charge in [0.15, 0.2) is 11.5 Å². The number of methoxy groups -OCH3 is 1. The van der Waals surface area contributed by atoms with Gasteiger partial charge in [-0.2, -0.15) is 0 Å². The van der Waals surface area contributed by atoms with Gasteiger partial charge in [0, 0.05) is 0 Å². The topological polar surface area (TPSA) is 55.8 Å². The Hall–Kier alpha value is -2.49. The molecule has 0 radical (unpaired) electrons. The molecular weight excluding hydrogens is 232 g/mol. The molecule has 0 aliphatic carbocycles. The first-order valence-electron chi connectivity index (χ1n) is 5.35. The summed E-state index contributed by atoms with van der Waals surface area (Å²) in [5, 5.41) is 8.67. The van der Waals surface area contributed by atoms with Crippen LogP contribution in [0, 0.1) is 0 Å². The van der Waals surface area contributed by atoms with E-state index in [1.54, 1.807) is 12.1 Å². The van der Waals surface area contributed by atoms with Gasteiger partial charge in [-0.25, -0.2) is 4.79 Å². The molecular formula is C14H12O4. The number of hydrogen-bond donors (Lipinski definition) is 1. The monoisotopic (exact) mass is 244 g/mol. The fraction of sp³-hybridized carbons (Fsp3) is 0.0714. The number of ether oxygens (including phenoxy) is 2. The summed E-state index contributed by atoms with van der Waals surface area (Å²) in [5.74, 6) is 0.573. The van der Waals surface area contributed by atoms with E-state index in [2.05, 4.69) is 0 Å². The second-order valence-corrected chi connectivity index (χ2v) is 3.60. The molecule has 4 nitrogen and oxygen atoms in total. The molecule has 0 spiro atoms. The summed E-state index contributed by atoms with van der Waals surface area (Å²) in [6, 6.07) is 14.8. The Balaban J connectivity index is 2.42. The molecule has 0 aliphatic rings. The SMILES string of the molecule is COc1ccc(-c2ccccc2)cc1OC(=O)O. The number of rotatable bonds is 3. The molecule has 0 bridgehead atoms. The maximum absolute atomic E-state index is 10.6. The lowest BCUT2D eigenvalue weighted by molar-refractivity contribution is 0.143. The average molecular weight is 244 g/mol. The van der Waals surface area contributed by atoms with Gasteiger partial charge >= 0.3 is 6.16 Å². The predicted octanol–water partition coefficient (Wildman–Crippen LogP) is 3.42. The van der Waals surface area contributed by atoms with Crippen LogP contribution in [0.3, 0.4) is 0 Å². The molecule has 0 atom stereocenters. The number of carboxylic acid groups (broad SMARTS) is 1. The predicted molar refractivity (Wildman–Crippen MR) is 67.1 cm³/mol. The van der Waals surface area contributed by atoms with Crippen LogP contribution in [0.2, 0.25) is 0 Å². The van der Waals surface area contributed by atoms with Crippen LogP contribution in [-0.4, -0.2) is 18.4 Å². The van der Waals surface area contributed by atoms with E-state index < -0.39 is 6.16 Å². The van der Waals surface area contributed by atoms with Crippen LogP contribution in [0.5, 0.6) is 11.5 Å². The lowest BCUT2D eigenvalue weighted by atomic mass is 10.1. The van der Waals surface area contributed by atoms with Gasteiger partial charge in [0.1, 0.15) is 0 Å². The quantitative estimate of drug-likeness (QED) is 0.664. The highest BCUT2D eigenvalue weighted by Crippen LogP contribution is 2.32. The minimum absolute atomic E-state index is 0.186. The molecule has 2 aromatic carbocycles. The molecule has 4 heteroatoms. The molecule has 0 saturated carbocycles. The van der Waals surface area contributed by atoms with Crippen molar-refractivity contribution in [2.75, 3.05) is 7.11 Å². The van der Waals surface area contributed by atoms with E-state index in [-0.39, 0.29) is 5.75 Å². The highest BCUT2D eigenvalue weighted by Gasteiger charge is 2.10. The zero-order valence-electron chi connectivity index (χ0n) is 9.79. The molecule has 18 heavy (non-hydrogen) atoms. The second-order valence-electron chi connectivity index (χ2n) is 3.60. The smallest absolute Gasteiger partial charge is 0.493 e. The van der Waals surface area contributed by atoms with Gasteiger partial charge in [0.05, 0.1) is 7.11 Å². The third-order valence-corrected chi connectivity index (χ3v) is 2.47. The van der Waals surface area contributed by atoms with Crippen LogP contribution in [0.1, 0.15) is 0 Å². The van der Waals surface area contributed by atoms with Gasteiger partial charge in [-0.3, -0.25) is 0 Å². The fourth-order valence-corrected chi connectivity index (χ4v) is 1.66. The van der Waals surface area contributed by atoms with Crippen LogP contribution in [0.15, 0.2) is 48.5 Å². The Morgan fingerprint density at radius 1 is 1.00 bits per heavy atom. The van der Waals surface area contributed by atoms with Crippen molar-refractivity contribution in [3.05, 3.63) is 48.5 Å². The third kappa shape index (κ3) is 2.60. The molecule has 2 aromatic rings. The van der Waals surface area contributed by atoms with Crippen molar-refractivity contribution in [1.29, 1.82) is 0 Å². The van der Waals surface area contributed by atoms with Crippen molar-refractivity contribution in [3.8, 4) is 22.6 Å². The van der Waals surface area contributed by atoms with Crippen LogP contribution in [0.4, 0.5) is 4.79 Å². The molecule has 0 aliphatic heterocycles. The number of benzene rings is 2. The first-order valence-corrected chi connectivity index (χ1v) is 5.35. The van der Waals surface area contributed by atoms with Crippen molar-refractivity contribution < 1.29 is 19.4 Å². The van der Waals surface area contributed by atoms with Crippen molar-refractivity contribution in [2.24, 2.45) is 0 Å². The summed E-state index contributed by atoms with van der Waals surface area (Å²) in [7, 11) is 1.46. The number of carbonyl (C=O) groups is 1. The molecule has 2 rings (SSSR count). The Morgan fingerprint density at radius 2 is 1.72 bits per heavy atom. The van der Waals surface area contributed by atoms with Gasteiger partial charge in [-0.15, -0.1) is 0 Å². The van der Waals surface area contributed by atoms with Gasteiger partial charge < -0.3 is 14.6 Å². The summed E-state index contributed by atoms with van der Waals surface area (Å²) < 4.78 is 9.74. The van der Waals surface area contributed by atoms with Gasteiger partial charge in [0.25, 0.3) is 0 Å². The van der Waals surface area contributed by atoms with Gasteiger partial charge in [0.2, 0.25) is 0 Å². The molecule has 0 unspecified atom stereocenters. The zero-order chi connectivity index (χ0) is 13.0. The van der Waals surface area contributed by atoms with Crippen LogP contribution in [0.25, 0.3) is 11.1 Å². The minimum atomic E-state index is -1.36. The Morgan fingerprint density at radius 3 is 2.33 bits per heavy atom. The molecule has 0 saturated heterocycles. The number of hydrogen-bond acceptors (Lipinski definition) is 3. The highest BCUT2D eigenvalue weighted by atomic mass is 16.7. The summed E-state index contributed by atoms with van der Waals surface area (Å²) >= 11 is 0. The molecule has 0 amide bonds. The highest BCUT2D eigenvalue weighted by molar-refractivity contribution is 5.70. The van der Waals surface area contributed by atoms with Crippen molar-refractivity contribution >= 4 is 6.16 Å². The van der Waals surface area contributed by atoms with Crippen molar-refractivity contribution in [2.45, 2.75) is 0 Å². The molecule has 92 valence electrons. The van der Waals surface area contributed by atoms with E-state index in [0.29, 0.717) is 5.75 Å². The van der Waals surface area contributed by atoms with E-state index in [1.807, 2.05) is 36.4 Å². The summed E-state index contributed by atoms with van der Waals surface area (Å²) in [5.41, 5.74) is 1.85.